The van der Waals surface area contributed by atoms with Crippen LogP contribution in [0.15, 0.2) is 6.07 Å². The first-order valence-electron chi connectivity index (χ1n) is 6.61. The van der Waals surface area contributed by atoms with Crippen LogP contribution in [0.5, 0.6) is 0 Å². The van der Waals surface area contributed by atoms with Crippen LogP contribution in [-0.4, -0.2) is 35.3 Å². The van der Waals surface area contributed by atoms with Crippen LogP contribution in [0, 0.1) is 18.8 Å². The van der Waals surface area contributed by atoms with Gasteiger partial charge in [-0.3, -0.25) is 0 Å². The van der Waals surface area contributed by atoms with Crippen LogP contribution in [-0.2, 0) is 0 Å². The third-order valence-electron chi connectivity index (χ3n) is 3.69. The van der Waals surface area contributed by atoms with Gasteiger partial charge in [-0.15, -0.1) is 0 Å². The normalized spacial score (nSPS) is 23.1. The number of hydrogen-bond donors (Lipinski definition) is 3. The lowest BCUT2D eigenvalue weighted by atomic mass is 9.97. The molecule has 1 aliphatic rings. The molecule has 18 heavy (non-hydrogen) atoms. The van der Waals surface area contributed by atoms with E-state index in [9.17, 15) is 5.11 Å². The minimum Gasteiger partial charge on any atom is -0.396 e. The monoisotopic (exact) mass is 250 g/mol. The van der Waals surface area contributed by atoms with E-state index in [1.165, 1.54) is 12.8 Å². The van der Waals surface area contributed by atoms with Gasteiger partial charge in [-0.2, -0.15) is 0 Å². The van der Waals surface area contributed by atoms with Crippen molar-refractivity contribution < 1.29 is 5.11 Å². The molecule has 5 heteroatoms. The zero-order valence-electron chi connectivity index (χ0n) is 11.1. The van der Waals surface area contributed by atoms with E-state index in [2.05, 4.69) is 20.6 Å². The van der Waals surface area contributed by atoms with E-state index >= 15 is 0 Å². The minimum absolute atomic E-state index is 0.302. The Morgan fingerprint density at radius 3 is 2.72 bits per heavy atom. The number of aromatic nitrogens is 2. The molecule has 1 aliphatic carbocycles. The molecule has 0 radical (unpaired) electrons. The molecule has 0 aliphatic heterocycles. The Bertz CT molecular complexity index is 397. The molecular formula is C13H22N4O. The molecule has 0 saturated heterocycles. The molecule has 5 nitrogen and oxygen atoms in total. The molecule has 1 saturated carbocycles. The molecular weight excluding hydrogens is 228 g/mol. The van der Waals surface area contributed by atoms with Crippen molar-refractivity contribution >= 4 is 11.6 Å². The highest BCUT2D eigenvalue weighted by molar-refractivity contribution is 5.47. The molecule has 1 aromatic heterocycles. The Morgan fingerprint density at radius 1 is 1.28 bits per heavy atom. The maximum atomic E-state index is 9.30. The summed E-state index contributed by atoms with van der Waals surface area (Å²) in [5.41, 5.74) is 0. The van der Waals surface area contributed by atoms with Crippen LogP contribution in [0.1, 0.15) is 25.1 Å². The van der Waals surface area contributed by atoms with Crippen molar-refractivity contribution in [3.8, 4) is 0 Å². The summed E-state index contributed by atoms with van der Waals surface area (Å²) in [5.74, 6) is 3.45. The van der Waals surface area contributed by atoms with Crippen LogP contribution in [0.2, 0.25) is 0 Å². The Kier molecular flexibility index (Phi) is 4.36. The lowest BCUT2D eigenvalue weighted by molar-refractivity contribution is 0.199. The highest BCUT2D eigenvalue weighted by atomic mass is 16.3. The lowest BCUT2D eigenvalue weighted by Gasteiger charge is -2.18. The van der Waals surface area contributed by atoms with Crippen LogP contribution in [0.3, 0.4) is 0 Å². The molecule has 1 aromatic rings. The van der Waals surface area contributed by atoms with Gasteiger partial charge in [0.2, 0.25) is 0 Å². The molecule has 2 unspecified atom stereocenters. The van der Waals surface area contributed by atoms with Crippen LogP contribution in [0.4, 0.5) is 11.6 Å². The third-order valence-corrected chi connectivity index (χ3v) is 3.69. The predicted octanol–water partition coefficient (Wildman–Crippen LogP) is 1.65. The summed E-state index contributed by atoms with van der Waals surface area (Å²) in [4.78, 5) is 8.63. The summed E-state index contributed by atoms with van der Waals surface area (Å²) in [7, 11) is 1.85. The van der Waals surface area contributed by atoms with E-state index in [-0.39, 0.29) is 0 Å². The summed E-state index contributed by atoms with van der Waals surface area (Å²) >= 11 is 0. The summed E-state index contributed by atoms with van der Waals surface area (Å²) < 4.78 is 0. The number of aliphatic hydroxyl groups is 1. The van der Waals surface area contributed by atoms with Crippen LogP contribution < -0.4 is 10.6 Å². The van der Waals surface area contributed by atoms with Crippen molar-refractivity contribution in [3.63, 3.8) is 0 Å². The maximum Gasteiger partial charge on any atom is 0.131 e. The smallest absolute Gasteiger partial charge is 0.131 e. The number of nitrogens with zero attached hydrogens (tertiary/aromatic N) is 2. The van der Waals surface area contributed by atoms with Gasteiger partial charge in [0.25, 0.3) is 0 Å². The molecule has 2 rings (SSSR count). The summed E-state index contributed by atoms with van der Waals surface area (Å²) in [5, 5.41) is 15.7. The second-order valence-electron chi connectivity index (χ2n) is 4.95. The van der Waals surface area contributed by atoms with Gasteiger partial charge in [0.05, 0.1) is 0 Å². The van der Waals surface area contributed by atoms with E-state index in [0.29, 0.717) is 18.4 Å². The third kappa shape index (κ3) is 3.10. The van der Waals surface area contributed by atoms with Crippen molar-refractivity contribution in [2.45, 2.75) is 26.2 Å². The Morgan fingerprint density at radius 2 is 2.00 bits per heavy atom. The molecule has 0 aromatic carbocycles. The zero-order chi connectivity index (χ0) is 13.0. The first-order chi connectivity index (χ1) is 8.72. The van der Waals surface area contributed by atoms with Gasteiger partial charge in [0.15, 0.2) is 0 Å². The lowest BCUT2D eigenvalue weighted by Crippen LogP contribution is -2.21. The van der Waals surface area contributed by atoms with Crippen LogP contribution >= 0.6 is 0 Å². The predicted molar refractivity (Wildman–Crippen MR) is 72.7 cm³/mol. The zero-order valence-corrected chi connectivity index (χ0v) is 11.1. The maximum absolute atomic E-state index is 9.30. The SMILES string of the molecule is CNc1cc(NCC2CCCC2CO)nc(C)n1. The van der Waals surface area contributed by atoms with Crippen molar-refractivity contribution in [2.75, 3.05) is 30.8 Å². The van der Waals surface area contributed by atoms with Gasteiger partial charge in [-0.05, 0) is 31.6 Å². The number of aryl methyl sites for hydroxylation is 1. The van der Waals surface area contributed by atoms with Crippen molar-refractivity contribution in [3.05, 3.63) is 11.9 Å². The van der Waals surface area contributed by atoms with Crippen LogP contribution in [0.25, 0.3) is 0 Å². The first-order valence-corrected chi connectivity index (χ1v) is 6.61. The van der Waals surface area contributed by atoms with Gasteiger partial charge in [-0.1, -0.05) is 6.42 Å². The largest absolute Gasteiger partial charge is 0.396 e. The molecule has 100 valence electrons. The topological polar surface area (TPSA) is 70.1 Å². The molecule has 0 spiro atoms. The van der Waals surface area contributed by atoms with Crippen molar-refractivity contribution in [1.82, 2.24) is 9.97 Å². The summed E-state index contributed by atoms with van der Waals surface area (Å²) in [6.45, 7) is 3.07. The van der Waals surface area contributed by atoms with Gasteiger partial charge in [0.1, 0.15) is 17.5 Å². The summed E-state index contributed by atoms with van der Waals surface area (Å²) in [6.07, 6.45) is 3.57. The van der Waals surface area contributed by atoms with E-state index in [0.717, 1.165) is 30.4 Å². The quantitative estimate of drug-likeness (QED) is 0.741. The second-order valence-corrected chi connectivity index (χ2v) is 4.95. The Balaban J connectivity index is 1.95. The highest BCUT2D eigenvalue weighted by Crippen LogP contribution is 2.31. The van der Waals surface area contributed by atoms with Gasteiger partial charge in [-0.25, -0.2) is 9.97 Å². The molecule has 1 heterocycles. The standard InChI is InChI=1S/C13H22N4O/c1-9-16-12(14-2)6-13(17-9)15-7-10-4-3-5-11(10)8-18/h6,10-11,18H,3-5,7-8H2,1-2H3,(H2,14,15,16,17). The van der Waals surface area contributed by atoms with E-state index in [1.54, 1.807) is 0 Å². The van der Waals surface area contributed by atoms with Crippen molar-refractivity contribution in [2.24, 2.45) is 11.8 Å². The number of hydrogen-bond acceptors (Lipinski definition) is 5. The molecule has 0 bridgehead atoms. The van der Waals surface area contributed by atoms with Gasteiger partial charge >= 0.3 is 0 Å². The molecule has 3 N–H and O–H groups in total. The number of aliphatic hydroxyl groups excluding tert-OH is 1. The first kappa shape index (κ1) is 13.1. The fourth-order valence-electron chi connectivity index (χ4n) is 2.64. The number of anilines is 2. The average molecular weight is 250 g/mol. The summed E-state index contributed by atoms with van der Waals surface area (Å²) in [6, 6.07) is 1.91. The Hall–Kier alpha value is -1.36. The average Bonchev–Trinajstić information content (AvgIpc) is 2.83. The molecule has 0 amide bonds. The number of nitrogens with one attached hydrogen (secondary N) is 2. The second kappa shape index (κ2) is 6.00. The Labute approximate surface area is 108 Å². The number of rotatable bonds is 5. The van der Waals surface area contributed by atoms with E-state index in [1.807, 2.05) is 20.0 Å². The fraction of sp³-hybridized carbons (Fsp3) is 0.692. The van der Waals surface area contributed by atoms with Gasteiger partial charge < -0.3 is 15.7 Å². The minimum atomic E-state index is 0.302. The van der Waals surface area contributed by atoms with E-state index in [4.69, 9.17) is 0 Å². The molecule has 1 fully saturated rings. The van der Waals surface area contributed by atoms with Gasteiger partial charge in [0, 0.05) is 26.3 Å². The van der Waals surface area contributed by atoms with E-state index < -0.39 is 0 Å². The van der Waals surface area contributed by atoms with Crippen molar-refractivity contribution in [1.29, 1.82) is 0 Å². The highest BCUT2D eigenvalue weighted by Gasteiger charge is 2.26. The fourth-order valence-corrected chi connectivity index (χ4v) is 2.64. The molecule has 2 atom stereocenters.